The van der Waals surface area contributed by atoms with E-state index < -0.39 is 0 Å². The van der Waals surface area contributed by atoms with Crippen LogP contribution >= 0.6 is 0 Å². The minimum atomic E-state index is -0.0736. The van der Waals surface area contributed by atoms with Crippen LogP contribution in [0.25, 0.3) is 0 Å². The Labute approximate surface area is 173 Å². The predicted molar refractivity (Wildman–Crippen MR) is 116 cm³/mol. The second-order valence-corrected chi connectivity index (χ2v) is 8.79. The van der Waals surface area contributed by atoms with E-state index in [1.807, 2.05) is 36.4 Å². The van der Waals surface area contributed by atoms with Crippen molar-refractivity contribution in [2.45, 2.75) is 57.1 Å². The lowest BCUT2D eigenvalue weighted by Crippen LogP contribution is -2.46. The summed E-state index contributed by atoms with van der Waals surface area (Å²) in [6, 6.07) is 16.1. The maximum Gasteiger partial charge on any atom is 0.255 e. The van der Waals surface area contributed by atoms with Gasteiger partial charge in [-0.2, -0.15) is 0 Å². The minimum absolute atomic E-state index is 0.0736. The first-order chi connectivity index (χ1) is 14.3. The van der Waals surface area contributed by atoms with Crippen molar-refractivity contribution in [2.75, 3.05) is 17.2 Å². The predicted octanol–water partition coefficient (Wildman–Crippen LogP) is 5.78. The molecule has 0 radical (unpaired) electrons. The van der Waals surface area contributed by atoms with Crippen LogP contribution in [-0.4, -0.2) is 18.6 Å². The summed E-state index contributed by atoms with van der Waals surface area (Å²) in [6.45, 7) is 0.832. The van der Waals surface area contributed by atoms with E-state index in [0.717, 1.165) is 24.6 Å². The highest BCUT2D eigenvalue weighted by atomic mass is 16.5. The van der Waals surface area contributed by atoms with Crippen LogP contribution in [0.5, 0.6) is 0 Å². The Hall–Kier alpha value is -2.33. The zero-order valence-corrected chi connectivity index (χ0v) is 16.9. The number of ether oxygens (including phenoxy) is 1. The van der Waals surface area contributed by atoms with Crippen molar-refractivity contribution in [3.8, 4) is 0 Å². The number of hydrogen-bond acceptors (Lipinski definition) is 3. The number of anilines is 2. The van der Waals surface area contributed by atoms with Crippen molar-refractivity contribution < 1.29 is 9.53 Å². The molecule has 2 N–H and O–H groups in total. The highest BCUT2D eigenvalue weighted by Crippen LogP contribution is 2.48. The standard InChI is InChI=1S/C25H30N2O2/c28-25(18-10-5-2-6-11-18)26-19-13-14-22-21(16-19)24-20(12-7-15-29-24)23(27-22)17-8-3-1-4-9-17/h2,5-6,10-11,13-14,16-17,20,23-24,27H,1,3-4,7-9,12,15H2,(H,26,28)/t20-,23?,24-/m0/s1. The monoisotopic (exact) mass is 390 g/mol. The molecule has 2 fully saturated rings. The van der Waals surface area contributed by atoms with Gasteiger partial charge in [-0.15, -0.1) is 0 Å². The Balaban J connectivity index is 1.40. The molecule has 0 aromatic heterocycles. The lowest BCUT2D eigenvalue weighted by molar-refractivity contribution is -0.0457. The first-order valence-electron chi connectivity index (χ1n) is 11.2. The molecule has 5 rings (SSSR count). The van der Waals surface area contributed by atoms with Crippen LogP contribution in [0.3, 0.4) is 0 Å². The van der Waals surface area contributed by atoms with E-state index in [9.17, 15) is 4.79 Å². The quantitative estimate of drug-likeness (QED) is 0.698. The molecule has 29 heavy (non-hydrogen) atoms. The molecule has 2 aliphatic heterocycles. The number of benzene rings is 2. The van der Waals surface area contributed by atoms with Gasteiger partial charge in [0.1, 0.15) is 0 Å². The number of carbonyl (C=O) groups is 1. The number of amides is 1. The molecule has 1 saturated heterocycles. The molecule has 1 amide bonds. The Morgan fingerprint density at radius 3 is 2.62 bits per heavy atom. The number of carbonyl (C=O) groups excluding carboxylic acids is 1. The van der Waals surface area contributed by atoms with Gasteiger partial charge in [-0.1, -0.05) is 37.5 Å². The van der Waals surface area contributed by atoms with Gasteiger partial charge in [-0.25, -0.2) is 0 Å². The average Bonchev–Trinajstić information content (AvgIpc) is 2.80. The second-order valence-electron chi connectivity index (χ2n) is 8.79. The van der Waals surface area contributed by atoms with Gasteiger partial charge in [0.25, 0.3) is 5.91 Å². The summed E-state index contributed by atoms with van der Waals surface area (Å²) < 4.78 is 6.32. The van der Waals surface area contributed by atoms with Crippen LogP contribution in [0.1, 0.15) is 67.0 Å². The molecular formula is C25H30N2O2. The molecule has 2 aromatic carbocycles. The Morgan fingerprint density at radius 2 is 1.79 bits per heavy atom. The van der Waals surface area contributed by atoms with E-state index >= 15 is 0 Å². The third kappa shape index (κ3) is 3.78. The summed E-state index contributed by atoms with van der Waals surface area (Å²) in [5.41, 5.74) is 3.89. The zero-order valence-electron chi connectivity index (χ0n) is 16.9. The van der Waals surface area contributed by atoms with Gasteiger partial charge in [-0.3, -0.25) is 4.79 Å². The molecule has 1 aliphatic carbocycles. The fraction of sp³-hybridized carbons (Fsp3) is 0.480. The molecule has 2 aromatic rings. The van der Waals surface area contributed by atoms with Crippen LogP contribution in [-0.2, 0) is 4.74 Å². The van der Waals surface area contributed by atoms with Crippen LogP contribution < -0.4 is 10.6 Å². The normalized spacial score (nSPS) is 26.7. The topological polar surface area (TPSA) is 50.4 Å². The van der Waals surface area contributed by atoms with Crippen LogP contribution in [0, 0.1) is 11.8 Å². The zero-order chi connectivity index (χ0) is 19.6. The van der Waals surface area contributed by atoms with Gasteiger partial charge < -0.3 is 15.4 Å². The summed E-state index contributed by atoms with van der Waals surface area (Å²) in [7, 11) is 0. The summed E-state index contributed by atoms with van der Waals surface area (Å²) in [5.74, 6) is 1.21. The van der Waals surface area contributed by atoms with E-state index in [1.54, 1.807) is 0 Å². The molecular weight excluding hydrogens is 360 g/mol. The molecule has 1 unspecified atom stereocenters. The van der Waals surface area contributed by atoms with E-state index in [4.69, 9.17) is 4.74 Å². The van der Waals surface area contributed by atoms with Crippen molar-refractivity contribution in [1.29, 1.82) is 0 Å². The summed E-state index contributed by atoms with van der Waals surface area (Å²) in [4.78, 5) is 12.6. The smallest absolute Gasteiger partial charge is 0.255 e. The Bertz CT molecular complexity index is 860. The number of hydrogen-bond donors (Lipinski definition) is 2. The first-order valence-corrected chi connectivity index (χ1v) is 11.2. The van der Waals surface area contributed by atoms with Crippen LogP contribution in [0.2, 0.25) is 0 Å². The highest BCUT2D eigenvalue weighted by Gasteiger charge is 2.42. The summed E-state index contributed by atoms with van der Waals surface area (Å²) in [6.07, 6.45) is 9.28. The van der Waals surface area contributed by atoms with Crippen molar-refractivity contribution >= 4 is 17.3 Å². The lowest BCUT2D eigenvalue weighted by atomic mass is 9.71. The average molecular weight is 391 g/mol. The maximum absolute atomic E-state index is 12.6. The molecule has 1 saturated carbocycles. The Kier molecular flexibility index (Phi) is 5.28. The fourth-order valence-electron chi connectivity index (χ4n) is 5.54. The van der Waals surface area contributed by atoms with Gasteiger partial charge in [0.05, 0.1) is 6.10 Å². The van der Waals surface area contributed by atoms with Crippen molar-refractivity contribution in [1.82, 2.24) is 0 Å². The van der Waals surface area contributed by atoms with E-state index in [2.05, 4.69) is 22.8 Å². The maximum atomic E-state index is 12.6. The van der Waals surface area contributed by atoms with Crippen LogP contribution in [0.4, 0.5) is 11.4 Å². The highest BCUT2D eigenvalue weighted by molar-refractivity contribution is 6.04. The van der Waals surface area contributed by atoms with Gasteiger partial charge in [-0.05, 0) is 61.9 Å². The Morgan fingerprint density at radius 1 is 0.966 bits per heavy atom. The van der Waals surface area contributed by atoms with Crippen LogP contribution in [0.15, 0.2) is 48.5 Å². The third-order valence-corrected chi connectivity index (χ3v) is 6.96. The minimum Gasteiger partial charge on any atom is -0.381 e. The molecule has 3 aliphatic rings. The van der Waals surface area contributed by atoms with Gasteiger partial charge >= 0.3 is 0 Å². The molecule has 3 atom stereocenters. The number of fused-ring (bicyclic) bond motifs is 3. The van der Waals surface area contributed by atoms with Gasteiger partial charge in [0.15, 0.2) is 0 Å². The second kappa shape index (κ2) is 8.19. The first kappa shape index (κ1) is 18.7. The molecule has 4 nitrogen and oxygen atoms in total. The molecule has 152 valence electrons. The van der Waals surface area contributed by atoms with Gasteiger partial charge in [0, 0.05) is 41.1 Å². The SMILES string of the molecule is O=C(Nc1ccc2c(c1)[C@H]1OCCC[C@H]1C(C1CCCCC1)N2)c1ccccc1. The van der Waals surface area contributed by atoms with E-state index in [0.29, 0.717) is 17.5 Å². The number of rotatable bonds is 3. The fourth-order valence-corrected chi connectivity index (χ4v) is 5.54. The van der Waals surface area contributed by atoms with Crippen molar-refractivity contribution in [2.24, 2.45) is 11.8 Å². The summed E-state index contributed by atoms with van der Waals surface area (Å²) >= 11 is 0. The van der Waals surface area contributed by atoms with Crippen molar-refractivity contribution in [3.05, 3.63) is 59.7 Å². The van der Waals surface area contributed by atoms with Gasteiger partial charge in [0.2, 0.25) is 0 Å². The molecule has 2 heterocycles. The van der Waals surface area contributed by atoms with E-state index in [1.165, 1.54) is 49.8 Å². The molecule has 0 bridgehead atoms. The lowest BCUT2D eigenvalue weighted by Gasteiger charge is -2.47. The third-order valence-electron chi connectivity index (χ3n) is 6.96. The number of nitrogens with one attached hydrogen (secondary N) is 2. The van der Waals surface area contributed by atoms with E-state index in [-0.39, 0.29) is 12.0 Å². The molecule has 4 heteroatoms. The largest absolute Gasteiger partial charge is 0.381 e. The molecule has 0 spiro atoms. The summed E-state index contributed by atoms with van der Waals surface area (Å²) in [5, 5.41) is 6.94. The van der Waals surface area contributed by atoms with Crippen molar-refractivity contribution in [3.63, 3.8) is 0 Å².